The molecular formula is C23H25ClN2O3S. The Labute approximate surface area is 186 Å². The first-order chi connectivity index (χ1) is 14.3. The van der Waals surface area contributed by atoms with Crippen LogP contribution in [0, 0.1) is 20.8 Å². The lowest BCUT2D eigenvalue weighted by Gasteiger charge is -2.15. The van der Waals surface area contributed by atoms with E-state index < -0.39 is 6.10 Å². The fraction of sp³-hybridized carbons (Fsp3) is 0.304. The molecule has 3 aromatic rings. The molecule has 0 saturated heterocycles. The van der Waals surface area contributed by atoms with Crippen LogP contribution in [-0.4, -0.2) is 23.6 Å². The molecule has 1 atom stereocenters. The van der Waals surface area contributed by atoms with Gasteiger partial charge in [-0.05, 0) is 82.1 Å². The van der Waals surface area contributed by atoms with Crippen LogP contribution in [-0.2, 0) is 4.79 Å². The van der Waals surface area contributed by atoms with Crippen LogP contribution in [0.4, 0.5) is 5.13 Å². The van der Waals surface area contributed by atoms with Crippen molar-refractivity contribution in [3.05, 3.63) is 57.4 Å². The van der Waals surface area contributed by atoms with E-state index >= 15 is 0 Å². The lowest BCUT2D eigenvalue weighted by atomic mass is 10.1. The molecule has 0 aliphatic rings. The molecule has 1 heterocycles. The van der Waals surface area contributed by atoms with E-state index in [-0.39, 0.29) is 5.91 Å². The van der Waals surface area contributed by atoms with Crippen LogP contribution in [0.1, 0.15) is 29.9 Å². The molecule has 0 spiro atoms. The van der Waals surface area contributed by atoms with Gasteiger partial charge in [-0.3, -0.25) is 10.1 Å². The standard InChI is InChI=1S/C23H25ClN2O3S/c1-6-28-18-9-7-17(8-10-18)21-16(5)30-23(25-21)26-22(27)15(4)29-19-11-13(2)20(24)14(3)12-19/h7-12,15H,6H2,1-5H3,(H,25,26,27). The summed E-state index contributed by atoms with van der Waals surface area (Å²) < 4.78 is 11.3. The second-order valence-electron chi connectivity index (χ2n) is 7.00. The van der Waals surface area contributed by atoms with Crippen molar-refractivity contribution in [2.75, 3.05) is 11.9 Å². The van der Waals surface area contributed by atoms with E-state index in [1.54, 1.807) is 6.92 Å². The number of amides is 1. The number of rotatable bonds is 7. The normalized spacial score (nSPS) is 11.8. The number of carbonyl (C=O) groups is 1. The van der Waals surface area contributed by atoms with Crippen molar-refractivity contribution < 1.29 is 14.3 Å². The molecule has 1 N–H and O–H groups in total. The Hall–Kier alpha value is -2.57. The Morgan fingerprint density at radius 2 is 1.77 bits per heavy atom. The minimum atomic E-state index is -0.678. The summed E-state index contributed by atoms with van der Waals surface area (Å²) in [6.45, 7) is 10.1. The minimum Gasteiger partial charge on any atom is -0.494 e. The zero-order valence-corrected chi connectivity index (χ0v) is 19.3. The van der Waals surface area contributed by atoms with E-state index in [1.807, 2.05) is 64.1 Å². The number of thiazole rings is 1. The molecule has 3 rings (SSSR count). The highest BCUT2D eigenvalue weighted by Gasteiger charge is 2.19. The average molecular weight is 445 g/mol. The maximum absolute atomic E-state index is 12.6. The molecule has 7 heteroatoms. The van der Waals surface area contributed by atoms with Gasteiger partial charge < -0.3 is 9.47 Å². The number of aryl methyl sites for hydroxylation is 3. The maximum Gasteiger partial charge on any atom is 0.266 e. The van der Waals surface area contributed by atoms with Crippen molar-refractivity contribution in [1.29, 1.82) is 0 Å². The van der Waals surface area contributed by atoms with E-state index in [0.717, 1.165) is 33.0 Å². The first-order valence-corrected chi connectivity index (χ1v) is 10.9. The number of carbonyl (C=O) groups excluding carboxylic acids is 1. The van der Waals surface area contributed by atoms with Crippen molar-refractivity contribution in [2.24, 2.45) is 0 Å². The van der Waals surface area contributed by atoms with Crippen molar-refractivity contribution in [3.8, 4) is 22.8 Å². The Morgan fingerprint density at radius 3 is 2.37 bits per heavy atom. The van der Waals surface area contributed by atoms with Gasteiger partial charge in [0.1, 0.15) is 11.5 Å². The maximum atomic E-state index is 12.6. The zero-order valence-electron chi connectivity index (χ0n) is 17.7. The third-order valence-corrected chi connectivity index (χ3v) is 6.04. The predicted octanol–water partition coefficient (Wildman–Crippen LogP) is 6.19. The number of hydrogen-bond donors (Lipinski definition) is 1. The molecular weight excluding hydrogens is 420 g/mol. The fourth-order valence-corrected chi connectivity index (χ4v) is 3.98. The van der Waals surface area contributed by atoms with Crippen molar-refractivity contribution >= 4 is 34.0 Å². The molecule has 1 aromatic heterocycles. The smallest absolute Gasteiger partial charge is 0.266 e. The van der Waals surface area contributed by atoms with Gasteiger partial charge in [-0.15, -0.1) is 11.3 Å². The summed E-state index contributed by atoms with van der Waals surface area (Å²) in [6, 6.07) is 11.4. The monoisotopic (exact) mass is 444 g/mol. The number of benzene rings is 2. The lowest BCUT2D eigenvalue weighted by molar-refractivity contribution is -0.122. The van der Waals surface area contributed by atoms with Gasteiger partial charge in [0, 0.05) is 15.5 Å². The topological polar surface area (TPSA) is 60.5 Å². The molecule has 0 radical (unpaired) electrons. The number of nitrogens with one attached hydrogen (secondary N) is 1. The molecule has 0 saturated carbocycles. The number of aromatic nitrogens is 1. The third-order valence-electron chi connectivity index (χ3n) is 4.56. The quantitative estimate of drug-likeness (QED) is 0.471. The minimum absolute atomic E-state index is 0.257. The molecule has 1 unspecified atom stereocenters. The summed E-state index contributed by atoms with van der Waals surface area (Å²) in [4.78, 5) is 18.2. The molecule has 0 aliphatic carbocycles. The predicted molar refractivity (Wildman–Crippen MR) is 123 cm³/mol. The summed E-state index contributed by atoms with van der Waals surface area (Å²) in [7, 11) is 0. The van der Waals surface area contributed by atoms with Crippen molar-refractivity contribution in [2.45, 2.75) is 40.7 Å². The van der Waals surface area contributed by atoms with Gasteiger partial charge in [0.25, 0.3) is 5.91 Å². The van der Waals surface area contributed by atoms with E-state index in [1.165, 1.54) is 11.3 Å². The third kappa shape index (κ3) is 5.12. The summed E-state index contributed by atoms with van der Waals surface area (Å²) in [6.07, 6.45) is -0.678. The van der Waals surface area contributed by atoms with Crippen LogP contribution < -0.4 is 14.8 Å². The fourth-order valence-electron chi connectivity index (χ4n) is 3.03. The van der Waals surface area contributed by atoms with Gasteiger partial charge in [-0.1, -0.05) is 11.6 Å². The average Bonchev–Trinajstić information content (AvgIpc) is 3.06. The number of halogens is 1. The molecule has 0 aliphatic heterocycles. The van der Waals surface area contributed by atoms with Crippen LogP contribution in [0.25, 0.3) is 11.3 Å². The highest BCUT2D eigenvalue weighted by molar-refractivity contribution is 7.16. The highest BCUT2D eigenvalue weighted by atomic mass is 35.5. The van der Waals surface area contributed by atoms with Gasteiger partial charge in [-0.2, -0.15) is 0 Å². The van der Waals surface area contributed by atoms with Gasteiger partial charge in [0.05, 0.1) is 12.3 Å². The molecule has 0 fully saturated rings. The zero-order chi connectivity index (χ0) is 21.8. The van der Waals surface area contributed by atoms with Gasteiger partial charge in [-0.25, -0.2) is 4.98 Å². The molecule has 158 valence electrons. The van der Waals surface area contributed by atoms with Crippen LogP contribution in [0.5, 0.6) is 11.5 Å². The number of nitrogens with zero attached hydrogens (tertiary/aromatic N) is 1. The van der Waals surface area contributed by atoms with Crippen LogP contribution in [0.15, 0.2) is 36.4 Å². The van der Waals surface area contributed by atoms with E-state index in [2.05, 4.69) is 10.3 Å². The molecule has 2 aromatic carbocycles. The summed E-state index contributed by atoms with van der Waals surface area (Å²) >= 11 is 7.63. The Kier molecular flexibility index (Phi) is 7.00. The van der Waals surface area contributed by atoms with Gasteiger partial charge in [0.2, 0.25) is 0 Å². The van der Waals surface area contributed by atoms with Crippen LogP contribution >= 0.6 is 22.9 Å². The van der Waals surface area contributed by atoms with Crippen LogP contribution in [0.3, 0.4) is 0 Å². The molecule has 1 amide bonds. The molecule has 30 heavy (non-hydrogen) atoms. The van der Waals surface area contributed by atoms with Crippen molar-refractivity contribution in [1.82, 2.24) is 4.98 Å². The second-order valence-corrected chi connectivity index (χ2v) is 8.58. The molecule has 0 bridgehead atoms. The Balaban J connectivity index is 1.69. The van der Waals surface area contributed by atoms with Crippen LogP contribution in [0.2, 0.25) is 5.02 Å². The summed E-state index contributed by atoms with van der Waals surface area (Å²) in [5, 5.41) is 4.11. The number of anilines is 1. The van der Waals surface area contributed by atoms with E-state index in [4.69, 9.17) is 21.1 Å². The Bertz CT molecular complexity index is 1020. The largest absolute Gasteiger partial charge is 0.494 e. The van der Waals surface area contributed by atoms with Gasteiger partial charge in [0.15, 0.2) is 11.2 Å². The summed E-state index contributed by atoms with van der Waals surface area (Å²) in [5.41, 5.74) is 3.64. The number of hydrogen-bond acceptors (Lipinski definition) is 5. The van der Waals surface area contributed by atoms with Crippen molar-refractivity contribution in [3.63, 3.8) is 0 Å². The first kappa shape index (κ1) is 22.1. The highest BCUT2D eigenvalue weighted by Crippen LogP contribution is 2.32. The molecule has 5 nitrogen and oxygen atoms in total. The second kappa shape index (κ2) is 9.49. The Morgan fingerprint density at radius 1 is 1.13 bits per heavy atom. The van der Waals surface area contributed by atoms with E-state index in [0.29, 0.717) is 22.5 Å². The van der Waals surface area contributed by atoms with E-state index in [9.17, 15) is 4.79 Å². The lowest BCUT2D eigenvalue weighted by Crippen LogP contribution is -2.30. The number of ether oxygens (including phenoxy) is 2. The SMILES string of the molecule is CCOc1ccc(-c2nc(NC(=O)C(C)Oc3cc(C)c(Cl)c(C)c3)sc2C)cc1. The first-order valence-electron chi connectivity index (χ1n) is 9.73. The summed E-state index contributed by atoms with van der Waals surface area (Å²) in [5.74, 6) is 1.18. The van der Waals surface area contributed by atoms with Gasteiger partial charge >= 0.3 is 0 Å².